The molecule has 0 aromatic carbocycles. The molecule has 2 rings (SSSR count). The lowest BCUT2D eigenvalue weighted by Crippen LogP contribution is -2.38. The summed E-state index contributed by atoms with van der Waals surface area (Å²) in [7, 11) is 0. The summed E-state index contributed by atoms with van der Waals surface area (Å²) in [5.41, 5.74) is -1.77. The summed E-state index contributed by atoms with van der Waals surface area (Å²) >= 11 is 1.68. The summed E-state index contributed by atoms with van der Waals surface area (Å²) in [5.74, 6) is -0.862. The molecule has 4 heteroatoms. The fourth-order valence-electron chi connectivity index (χ4n) is 2.34. The zero-order valence-electron chi connectivity index (χ0n) is 8.35. The maximum atomic E-state index is 13.0. The van der Waals surface area contributed by atoms with Gasteiger partial charge < -0.3 is 5.11 Å². The minimum Gasteiger partial charge on any atom is -0.389 e. The SMILES string of the molecule is CC1(CC2(O)CCCSC2)CC1(F)F. The van der Waals surface area contributed by atoms with E-state index in [0.717, 1.165) is 12.2 Å². The van der Waals surface area contributed by atoms with Crippen LogP contribution in [0.3, 0.4) is 0 Å². The highest BCUT2D eigenvalue weighted by Crippen LogP contribution is 2.64. The highest BCUT2D eigenvalue weighted by molar-refractivity contribution is 7.99. The summed E-state index contributed by atoms with van der Waals surface area (Å²) in [6, 6.07) is 0. The van der Waals surface area contributed by atoms with Gasteiger partial charge in [0.25, 0.3) is 5.92 Å². The van der Waals surface area contributed by atoms with E-state index in [1.54, 1.807) is 18.7 Å². The lowest BCUT2D eigenvalue weighted by atomic mass is 9.86. The summed E-state index contributed by atoms with van der Waals surface area (Å²) in [6.07, 6.45) is 1.85. The van der Waals surface area contributed by atoms with Crippen molar-refractivity contribution in [1.82, 2.24) is 0 Å². The van der Waals surface area contributed by atoms with Crippen molar-refractivity contribution >= 4 is 11.8 Å². The number of rotatable bonds is 2. The Morgan fingerprint density at radius 3 is 2.50 bits per heavy atom. The molecule has 0 radical (unpaired) electrons. The molecule has 0 spiro atoms. The second kappa shape index (κ2) is 3.08. The van der Waals surface area contributed by atoms with E-state index in [1.807, 2.05) is 0 Å². The van der Waals surface area contributed by atoms with Crippen LogP contribution in [0.4, 0.5) is 8.78 Å². The number of thioether (sulfide) groups is 1. The van der Waals surface area contributed by atoms with Gasteiger partial charge in [-0.2, -0.15) is 11.8 Å². The number of aliphatic hydroxyl groups is 1. The fourth-order valence-corrected chi connectivity index (χ4v) is 3.46. The normalized spacial score (nSPS) is 46.3. The molecule has 1 aliphatic heterocycles. The third-order valence-corrected chi connectivity index (χ3v) is 4.71. The van der Waals surface area contributed by atoms with E-state index in [0.29, 0.717) is 12.2 Å². The lowest BCUT2D eigenvalue weighted by Gasteiger charge is -2.34. The van der Waals surface area contributed by atoms with Gasteiger partial charge in [-0.1, -0.05) is 6.92 Å². The van der Waals surface area contributed by atoms with Crippen molar-refractivity contribution < 1.29 is 13.9 Å². The minimum absolute atomic E-state index is 0.0486. The van der Waals surface area contributed by atoms with Crippen molar-refractivity contribution in [3.8, 4) is 0 Å². The molecule has 1 aliphatic carbocycles. The minimum atomic E-state index is -2.54. The zero-order chi connectivity index (χ0) is 10.4. The highest BCUT2D eigenvalue weighted by Gasteiger charge is 2.69. The zero-order valence-corrected chi connectivity index (χ0v) is 9.17. The van der Waals surface area contributed by atoms with Crippen LogP contribution >= 0.6 is 11.8 Å². The van der Waals surface area contributed by atoms with Gasteiger partial charge in [0.1, 0.15) is 0 Å². The lowest BCUT2D eigenvalue weighted by molar-refractivity contribution is -0.00933. The van der Waals surface area contributed by atoms with Gasteiger partial charge in [-0.15, -0.1) is 0 Å². The van der Waals surface area contributed by atoms with Gasteiger partial charge in [-0.25, -0.2) is 8.78 Å². The third-order valence-electron chi connectivity index (χ3n) is 3.39. The van der Waals surface area contributed by atoms with Crippen molar-refractivity contribution in [2.45, 2.75) is 44.1 Å². The predicted molar refractivity (Wildman–Crippen MR) is 53.8 cm³/mol. The Balaban J connectivity index is 1.97. The molecule has 0 bridgehead atoms. The van der Waals surface area contributed by atoms with Crippen LogP contribution in [0.2, 0.25) is 0 Å². The van der Waals surface area contributed by atoms with E-state index in [4.69, 9.17) is 0 Å². The Bertz CT molecular complexity index is 238. The van der Waals surface area contributed by atoms with Crippen LogP contribution in [-0.2, 0) is 0 Å². The monoisotopic (exact) mass is 222 g/mol. The third kappa shape index (κ3) is 1.78. The van der Waals surface area contributed by atoms with Crippen LogP contribution in [0.15, 0.2) is 0 Å². The van der Waals surface area contributed by atoms with Gasteiger partial charge in [-0.05, 0) is 25.0 Å². The second-order valence-corrected chi connectivity index (χ2v) is 6.10. The van der Waals surface area contributed by atoms with Crippen LogP contribution in [0.25, 0.3) is 0 Å². The molecule has 82 valence electrons. The molecular formula is C10H16F2OS. The van der Waals surface area contributed by atoms with Gasteiger partial charge in [0.15, 0.2) is 0 Å². The van der Waals surface area contributed by atoms with E-state index >= 15 is 0 Å². The van der Waals surface area contributed by atoms with Gasteiger partial charge in [0.05, 0.1) is 5.60 Å². The summed E-state index contributed by atoms with van der Waals surface area (Å²) in [4.78, 5) is 0. The van der Waals surface area contributed by atoms with Gasteiger partial charge in [-0.3, -0.25) is 0 Å². The molecule has 1 nitrogen and oxygen atoms in total. The molecule has 0 aromatic heterocycles. The Kier molecular flexibility index (Phi) is 2.35. The van der Waals surface area contributed by atoms with E-state index in [2.05, 4.69) is 0 Å². The molecule has 2 atom stereocenters. The first-order valence-electron chi connectivity index (χ1n) is 5.05. The van der Waals surface area contributed by atoms with Crippen LogP contribution in [0, 0.1) is 5.41 Å². The first kappa shape index (κ1) is 10.7. The Labute approximate surface area is 87.3 Å². The Hall–Kier alpha value is 0.170. The van der Waals surface area contributed by atoms with Crippen molar-refractivity contribution in [3.05, 3.63) is 0 Å². The molecule has 14 heavy (non-hydrogen) atoms. The molecule has 0 aromatic rings. The van der Waals surface area contributed by atoms with Crippen molar-refractivity contribution in [1.29, 1.82) is 0 Å². The number of halogens is 2. The first-order valence-corrected chi connectivity index (χ1v) is 6.20. The number of hydrogen-bond donors (Lipinski definition) is 1. The smallest absolute Gasteiger partial charge is 0.254 e. The molecule has 1 N–H and O–H groups in total. The molecule has 1 saturated heterocycles. The molecule has 2 aliphatic rings. The van der Waals surface area contributed by atoms with E-state index in [-0.39, 0.29) is 12.8 Å². The van der Waals surface area contributed by atoms with E-state index in [9.17, 15) is 13.9 Å². The maximum absolute atomic E-state index is 13.0. The number of alkyl halides is 2. The number of hydrogen-bond acceptors (Lipinski definition) is 2. The Morgan fingerprint density at radius 2 is 2.07 bits per heavy atom. The van der Waals surface area contributed by atoms with Crippen LogP contribution < -0.4 is 0 Å². The van der Waals surface area contributed by atoms with Crippen LogP contribution in [0.1, 0.15) is 32.6 Å². The van der Waals surface area contributed by atoms with Crippen molar-refractivity contribution in [3.63, 3.8) is 0 Å². The first-order chi connectivity index (χ1) is 6.37. The molecule has 2 fully saturated rings. The summed E-state index contributed by atoms with van der Waals surface area (Å²) in [5, 5.41) is 10.1. The summed E-state index contributed by atoms with van der Waals surface area (Å²) < 4.78 is 26.0. The van der Waals surface area contributed by atoms with Gasteiger partial charge >= 0.3 is 0 Å². The van der Waals surface area contributed by atoms with Crippen molar-refractivity contribution in [2.75, 3.05) is 11.5 Å². The topological polar surface area (TPSA) is 20.2 Å². The fraction of sp³-hybridized carbons (Fsp3) is 1.00. The van der Waals surface area contributed by atoms with E-state index < -0.39 is 16.9 Å². The molecule has 1 heterocycles. The standard InChI is InChI=1S/C10H16F2OS/c1-8(6-10(8,11)12)5-9(13)3-2-4-14-7-9/h13H,2-7H2,1H3. The quantitative estimate of drug-likeness (QED) is 0.775. The highest BCUT2D eigenvalue weighted by atomic mass is 32.2. The van der Waals surface area contributed by atoms with Crippen molar-refractivity contribution in [2.24, 2.45) is 5.41 Å². The maximum Gasteiger partial charge on any atom is 0.254 e. The average Bonchev–Trinajstić information content (AvgIpc) is 2.49. The second-order valence-electron chi connectivity index (χ2n) is 5.00. The van der Waals surface area contributed by atoms with E-state index in [1.165, 1.54) is 0 Å². The van der Waals surface area contributed by atoms with Crippen LogP contribution in [0.5, 0.6) is 0 Å². The average molecular weight is 222 g/mol. The summed E-state index contributed by atoms with van der Waals surface area (Å²) in [6.45, 7) is 1.59. The van der Waals surface area contributed by atoms with Gasteiger partial charge in [0.2, 0.25) is 0 Å². The van der Waals surface area contributed by atoms with Crippen LogP contribution in [-0.4, -0.2) is 28.1 Å². The molecule has 2 unspecified atom stereocenters. The molecule has 1 saturated carbocycles. The predicted octanol–water partition coefficient (Wildman–Crippen LogP) is 2.68. The largest absolute Gasteiger partial charge is 0.389 e. The Morgan fingerprint density at radius 1 is 1.43 bits per heavy atom. The molecule has 0 amide bonds. The molecular weight excluding hydrogens is 206 g/mol. The van der Waals surface area contributed by atoms with Gasteiger partial charge in [0, 0.05) is 17.6 Å².